The van der Waals surface area contributed by atoms with Crippen molar-refractivity contribution in [1.29, 1.82) is 0 Å². The smallest absolute Gasteiger partial charge is 0.258 e. The Morgan fingerprint density at radius 3 is 1.73 bits per heavy atom. The van der Waals surface area contributed by atoms with Gasteiger partial charge in [-0.25, -0.2) is 0 Å². The van der Waals surface area contributed by atoms with Crippen molar-refractivity contribution in [3.05, 3.63) is 81.9 Å². The molecule has 154 valence electrons. The topological polar surface area (TPSA) is 58.2 Å². The minimum Gasteiger partial charge on any atom is -0.321 e. The largest absolute Gasteiger partial charge is 0.321 e. The molecule has 4 heteroatoms. The van der Waals surface area contributed by atoms with Gasteiger partial charge in [-0.2, -0.15) is 0 Å². The van der Waals surface area contributed by atoms with Crippen molar-refractivity contribution in [3.63, 3.8) is 0 Å². The van der Waals surface area contributed by atoms with Gasteiger partial charge in [0, 0.05) is 0 Å². The van der Waals surface area contributed by atoms with Gasteiger partial charge in [0.15, 0.2) is 0 Å². The van der Waals surface area contributed by atoms with Crippen molar-refractivity contribution in [2.45, 2.75) is 52.4 Å². The normalized spacial score (nSPS) is 16.6. The first-order chi connectivity index (χ1) is 14.5. The summed E-state index contributed by atoms with van der Waals surface area (Å²) in [5.41, 5.74) is 6.32. The van der Waals surface area contributed by atoms with E-state index in [1.807, 2.05) is 24.3 Å². The van der Waals surface area contributed by atoms with Crippen LogP contribution in [0.15, 0.2) is 59.7 Å². The zero-order valence-electron chi connectivity index (χ0n) is 17.8. The van der Waals surface area contributed by atoms with Crippen LogP contribution in [0.5, 0.6) is 0 Å². The average molecular weight is 401 g/mol. The number of hydrogen-bond donors (Lipinski definition) is 2. The zero-order chi connectivity index (χ0) is 21.3. The summed E-state index contributed by atoms with van der Waals surface area (Å²) < 4.78 is 0. The minimum atomic E-state index is -0.227. The minimum absolute atomic E-state index is 0.227. The molecular weight excluding hydrogens is 372 g/mol. The maximum Gasteiger partial charge on any atom is 0.258 e. The van der Waals surface area contributed by atoms with Gasteiger partial charge in [0.2, 0.25) is 0 Å². The lowest BCUT2D eigenvalue weighted by Crippen LogP contribution is -2.21. The van der Waals surface area contributed by atoms with E-state index in [2.05, 4.69) is 55.7 Å². The number of hydrogen-bond acceptors (Lipinski definition) is 2. The van der Waals surface area contributed by atoms with Crippen LogP contribution in [0.2, 0.25) is 0 Å². The molecule has 0 aromatic heterocycles. The van der Waals surface area contributed by atoms with E-state index >= 15 is 0 Å². The summed E-state index contributed by atoms with van der Waals surface area (Å²) in [6.07, 6.45) is 4.42. The number of aryl methyl sites for hydroxylation is 1. The maximum absolute atomic E-state index is 12.8. The van der Waals surface area contributed by atoms with E-state index in [0.29, 0.717) is 28.5 Å². The summed E-state index contributed by atoms with van der Waals surface area (Å²) in [6, 6.07) is 16.3. The van der Waals surface area contributed by atoms with Crippen LogP contribution in [0.4, 0.5) is 0 Å². The van der Waals surface area contributed by atoms with Gasteiger partial charge >= 0.3 is 0 Å². The molecule has 2 amide bonds. The summed E-state index contributed by atoms with van der Waals surface area (Å²) in [5.74, 6) is 0.0239. The van der Waals surface area contributed by atoms with Gasteiger partial charge in [-0.15, -0.1) is 0 Å². The number of rotatable bonds is 7. The van der Waals surface area contributed by atoms with Crippen LogP contribution in [0.3, 0.4) is 0 Å². The predicted octanol–water partition coefficient (Wildman–Crippen LogP) is 4.92. The quantitative estimate of drug-likeness (QED) is 0.693. The molecule has 0 saturated heterocycles. The third kappa shape index (κ3) is 3.58. The Hall–Kier alpha value is -3.14. The summed E-state index contributed by atoms with van der Waals surface area (Å²) in [4.78, 5) is 25.6. The number of carbonyl (C=O) groups is 2. The second-order valence-electron chi connectivity index (χ2n) is 8.14. The van der Waals surface area contributed by atoms with E-state index in [9.17, 15) is 9.59 Å². The van der Waals surface area contributed by atoms with Gasteiger partial charge in [-0.1, -0.05) is 75.7 Å². The Morgan fingerprint density at radius 1 is 0.767 bits per heavy atom. The highest BCUT2D eigenvalue weighted by atomic mass is 16.2. The summed E-state index contributed by atoms with van der Waals surface area (Å²) in [7, 11) is 0. The summed E-state index contributed by atoms with van der Waals surface area (Å²) in [6.45, 7) is 6.54. The molecule has 1 atom stereocenters. The number of nitrogens with one attached hydrogen (secondary N) is 2. The highest BCUT2D eigenvalue weighted by Gasteiger charge is 2.40. The van der Waals surface area contributed by atoms with Crippen molar-refractivity contribution in [2.24, 2.45) is 0 Å². The molecule has 2 aromatic rings. The average Bonchev–Trinajstić information content (AvgIpc) is 3.30. The summed E-state index contributed by atoms with van der Waals surface area (Å²) in [5, 5.41) is 5.85. The number of carbonyl (C=O) groups excluding carboxylic acids is 2. The van der Waals surface area contributed by atoms with Gasteiger partial charge in [0.05, 0.1) is 22.5 Å². The standard InChI is InChI=1S/C26H28N2O2/c1-4-6-7-17-8-10-19(11-9-17)23-21-22(26(30)27-23)24(28-25(21)29)20-14-12-18(13-15-20)16(3)5-2/h8-16H,4-7H2,1-3H3,(H,27,30)(H,28,29). The molecule has 1 unspecified atom stereocenters. The van der Waals surface area contributed by atoms with E-state index in [1.165, 1.54) is 11.1 Å². The van der Waals surface area contributed by atoms with Gasteiger partial charge in [-0.3, -0.25) is 9.59 Å². The molecule has 0 fully saturated rings. The Kier molecular flexibility index (Phi) is 5.58. The molecular formula is C26H28N2O2. The zero-order valence-corrected chi connectivity index (χ0v) is 17.8. The molecule has 2 aromatic carbocycles. The van der Waals surface area contributed by atoms with Crippen LogP contribution < -0.4 is 10.6 Å². The van der Waals surface area contributed by atoms with Crippen LogP contribution in [0, 0.1) is 0 Å². The Balaban J connectivity index is 1.70. The van der Waals surface area contributed by atoms with Crippen molar-refractivity contribution in [3.8, 4) is 0 Å². The number of fused-ring (bicyclic) bond motifs is 1. The van der Waals surface area contributed by atoms with Gasteiger partial charge in [0.1, 0.15) is 0 Å². The van der Waals surface area contributed by atoms with Crippen molar-refractivity contribution in [1.82, 2.24) is 10.6 Å². The van der Waals surface area contributed by atoms with Crippen molar-refractivity contribution >= 4 is 23.2 Å². The molecule has 0 saturated carbocycles. The number of amides is 2. The van der Waals surface area contributed by atoms with E-state index in [1.54, 1.807) is 0 Å². The Morgan fingerprint density at radius 2 is 1.27 bits per heavy atom. The molecule has 2 N–H and O–H groups in total. The molecule has 30 heavy (non-hydrogen) atoms. The predicted molar refractivity (Wildman–Crippen MR) is 120 cm³/mol. The fourth-order valence-electron chi connectivity index (χ4n) is 4.05. The van der Waals surface area contributed by atoms with Gasteiger partial charge < -0.3 is 10.6 Å². The third-order valence-corrected chi connectivity index (χ3v) is 6.12. The second-order valence-corrected chi connectivity index (χ2v) is 8.14. The first kappa shape index (κ1) is 20.1. The lowest BCUT2D eigenvalue weighted by molar-refractivity contribution is -0.117. The summed E-state index contributed by atoms with van der Waals surface area (Å²) >= 11 is 0. The molecule has 0 aliphatic carbocycles. The molecule has 0 spiro atoms. The monoisotopic (exact) mass is 400 g/mol. The molecule has 4 nitrogen and oxygen atoms in total. The number of benzene rings is 2. The first-order valence-electron chi connectivity index (χ1n) is 10.8. The second kappa shape index (κ2) is 8.31. The van der Waals surface area contributed by atoms with Crippen LogP contribution in [-0.2, 0) is 16.0 Å². The SMILES string of the molecule is CCCCc1ccc(C2=C3C(=O)NC(c4ccc(C(C)CC)cc4)=C3C(=O)N2)cc1. The highest BCUT2D eigenvalue weighted by Crippen LogP contribution is 2.37. The lowest BCUT2D eigenvalue weighted by atomic mass is 9.96. The molecule has 0 radical (unpaired) electrons. The Bertz CT molecular complexity index is 1040. The molecule has 2 aliphatic rings. The highest BCUT2D eigenvalue weighted by molar-refractivity contribution is 6.30. The lowest BCUT2D eigenvalue weighted by Gasteiger charge is -2.11. The van der Waals surface area contributed by atoms with Crippen LogP contribution in [-0.4, -0.2) is 11.8 Å². The molecule has 2 heterocycles. The van der Waals surface area contributed by atoms with Crippen molar-refractivity contribution in [2.75, 3.05) is 0 Å². The fourth-order valence-corrected chi connectivity index (χ4v) is 4.05. The van der Waals surface area contributed by atoms with E-state index in [4.69, 9.17) is 0 Å². The van der Waals surface area contributed by atoms with Crippen molar-refractivity contribution < 1.29 is 9.59 Å². The van der Waals surface area contributed by atoms with Gasteiger partial charge in [-0.05, 0) is 47.4 Å². The van der Waals surface area contributed by atoms with Crippen LogP contribution in [0.1, 0.15) is 68.2 Å². The number of unbranched alkanes of at least 4 members (excludes halogenated alkanes) is 1. The molecule has 0 bridgehead atoms. The third-order valence-electron chi connectivity index (χ3n) is 6.12. The van der Waals surface area contributed by atoms with Gasteiger partial charge in [0.25, 0.3) is 11.8 Å². The van der Waals surface area contributed by atoms with Crippen LogP contribution in [0.25, 0.3) is 11.4 Å². The molecule has 2 aliphatic heterocycles. The maximum atomic E-state index is 12.8. The van der Waals surface area contributed by atoms with E-state index in [0.717, 1.165) is 36.8 Å². The molecule has 4 rings (SSSR count). The van der Waals surface area contributed by atoms with E-state index in [-0.39, 0.29) is 11.8 Å². The Labute approximate surface area is 178 Å². The first-order valence-corrected chi connectivity index (χ1v) is 10.8. The van der Waals surface area contributed by atoms with E-state index < -0.39 is 0 Å². The fraction of sp³-hybridized carbons (Fsp3) is 0.308. The van der Waals surface area contributed by atoms with Crippen LogP contribution >= 0.6 is 0 Å².